The quantitative estimate of drug-likeness (QED) is 0.508. The van der Waals surface area contributed by atoms with Crippen molar-refractivity contribution in [2.45, 2.75) is 69.7 Å². The highest BCUT2D eigenvalue weighted by Gasteiger charge is 2.22. The lowest BCUT2D eigenvalue weighted by Gasteiger charge is -2.34. The van der Waals surface area contributed by atoms with Crippen LogP contribution in [-0.4, -0.2) is 16.9 Å². The van der Waals surface area contributed by atoms with E-state index in [1.165, 1.54) is 60.2 Å². The maximum atomic E-state index is 2.64. The lowest BCUT2D eigenvalue weighted by atomic mass is 9.97. The van der Waals surface area contributed by atoms with E-state index in [0.29, 0.717) is 5.92 Å². The van der Waals surface area contributed by atoms with Crippen LogP contribution in [0, 0.1) is 0 Å². The molecule has 0 N–H and O–H groups in total. The summed E-state index contributed by atoms with van der Waals surface area (Å²) in [6, 6.07) is 18.8. The lowest BCUT2D eigenvalue weighted by Crippen LogP contribution is -2.34. The molecule has 0 amide bonds. The Morgan fingerprint density at radius 3 is 2.56 bits per heavy atom. The zero-order valence-corrected chi connectivity index (χ0v) is 16.7. The number of hydrogen-bond donors (Lipinski definition) is 0. The fourth-order valence-electron chi connectivity index (χ4n) is 3.66. The highest BCUT2D eigenvalue weighted by Crippen LogP contribution is 2.34. The Kier molecular flexibility index (Phi) is 6.61. The number of nitrogens with zero attached hydrogens (tertiary/aromatic N) is 1. The van der Waals surface area contributed by atoms with Gasteiger partial charge < -0.3 is 0 Å². The van der Waals surface area contributed by atoms with Gasteiger partial charge in [-0.3, -0.25) is 0 Å². The molecule has 1 fully saturated rings. The van der Waals surface area contributed by atoms with Crippen molar-refractivity contribution in [1.29, 1.82) is 0 Å². The van der Waals surface area contributed by atoms with Gasteiger partial charge in [0.15, 0.2) is 0 Å². The first-order valence-corrected chi connectivity index (χ1v) is 10.6. The Bertz CT molecular complexity index is 677. The van der Waals surface area contributed by atoms with Gasteiger partial charge in [-0.1, -0.05) is 70.0 Å². The Hall–Kier alpha value is -1.25. The molecule has 2 heteroatoms. The van der Waals surface area contributed by atoms with Crippen LogP contribution in [0.3, 0.4) is 0 Å². The van der Waals surface area contributed by atoms with E-state index in [0.717, 1.165) is 6.04 Å². The van der Waals surface area contributed by atoms with E-state index in [4.69, 9.17) is 0 Å². The highest BCUT2D eigenvalue weighted by molar-refractivity contribution is 7.97. The number of rotatable bonds is 6. The van der Waals surface area contributed by atoms with Gasteiger partial charge in [0.2, 0.25) is 0 Å². The summed E-state index contributed by atoms with van der Waals surface area (Å²) >= 11 is 1.97. The van der Waals surface area contributed by atoms with Gasteiger partial charge in [-0.05, 0) is 66.0 Å². The van der Waals surface area contributed by atoms with E-state index in [9.17, 15) is 0 Å². The summed E-state index contributed by atoms with van der Waals surface area (Å²) in [5, 5.41) is 0. The van der Waals surface area contributed by atoms with Crippen LogP contribution in [0.25, 0.3) is 11.1 Å². The average molecular weight is 354 g/mol. The summed E-state index contributed by atoms with van der Waals surface area (Å²) in [7, 11) is 0. The second-order valence-electron chi connectivity index (χ2n) is 7.48. The summed E-state index contributed by atoms with van der Waals surface area (Å²) in [6.45, 7) is 8.05. The summed E-state index contributed by atoms with van der Waals surface area (Å²) < 4.78 is 2.64. The van der Waals surface area contributed by atoms with Crippen molar-refractivity contribution < 1.29 is 0 Å². The minimum Gasteiger partial charge on any atom is -0.243 e. The Labute approximate surface area is 158 Å². The minimum atomic E-state index is 0.570. The maximum absolute atomic E-state index is 2.64. The summed E-state index contributed by atoms with van der Waals surface area (Å²) in [5.41, 5.74) is 4.07. The molecule has 1 heterocycles. The minimum absolute atomic E-state index is 0.570. The molecule has 1 aliphatic rings. The molecule has 25 heavy (non-hydrogen) atoms. The van der Waals surface area contributed by atoms with E-state index in [1.54, 1.807) is 0 Å². The fraction of sp³-hybridized carbons (Fsp3) is 0.478. The van der Waals surface area contributed by atoms with Gasteiger partial charge in [0.05, 0.1) is 0 Å². The number of benzene rings is 2. The molecule has 0 saturated carbocycles. The van der Waals surface area contributed by atoms with Gasteiger partial charge in [0.25, 0.3) is 0 Å². The van der Waals surface area contributed by atoms with Crippen molar-refractivity contribution >= 4 is 11.9 Å². The highest BCUT2D eigenvalue weighted by atomic mass is 32.2. The molecule has 1 saturated heterocycles. The summed E-state index contributed by atoms with van der Waals surface area (Å²) in [5.74, 6) is 0.570. The van der Waals surface area contributed by atoms with Crippen molar-refractivity contribution in [3.8, 4) is 11.1 Å². The molecule has 1 aliphatic heterocycles. The van der Waals surface area contributed by atoms with Crippen molar-refractivity contribution in [3.05, 3.63) is 54.1 Å². The van der Waals surface area contributed by atoms with Gasteiger partial charge in [-0.2, -0.15) is 0 Å². The average Bonchev–Trinajstić information content (AvgIpc) is 2.64. The third-order valence-corrected chi connectivity index (χ3v) is 6.32. The molecule has 2 aromatic carbocycles. The lowest BCUT2D eigenvalue weighted by molar-refractivity contribution is 0.260. The largest absolute Gasteiger partial charge is 0.243 e. The van der Waals surface area contributed by atoms with Gasteiger partial charge >= 0.3 is 0 Å². The van der Waals surface area contributed by atoms with Gasteiger partial charge in [0, 0.05) is 17.5 Å². The van der Waals surface area contributed by atoms with Crippen LogP contribution >= 0.6 is 11.9 Å². The molecular formula is C23H31NS. The first-order valence-electron chi connectivity index (χ1n) is 9.82. The zero-order valence-electron chi connectivity index (χ0n) is 15.9. The topological polar surface area (TPSA) is 3.24 Å². The third-order valence-electron chi connectivity index (χ3n) is 5.14. The van der Waals surface area contributed by atoms with Crippen LogP contribution in [-0.2, 0) is 0 Å². The Morgan fingerprint density at radius 1 is 1.04 bits per heavy atom. The monoisotopic (exact) mass is 353 g/mol. The van der Waals surface area contributed by atoms with E-state index in [-0.39, 0.29) is 0 Å². The van der Waals surface area contributed by atoms with Crippen molar-refractivity contribution in [2.24, 2.45) is 0 Å². The molecule has 1 unspecified atom stereocenters. The predicted octanol–water partition coefficient (Wildman–Crippen LogP) is 7.14. The first-order chi connectivity index (χ1) is 12.2. The number of hydrogen-bond acceptors (Lipinski definition) is 2. The molecule has 3 rings (SSSR count). The molecule has 0 aliphatic carbocycles. The second-order valence-corrected chi connectivity index (χ2v) is 8.60. The molecule has 0 aromatic heterocycles. The smallest absolute Gasteiger partial charge is 0.0236 e. The summed E-state index contributed by atoms with van der Waals surface area (Å²) in [4.78, 5) is 1.37. The molecule has 2 aromatic rings. The van der Waals surface area contributed by atoms with E-state index < -0.39 is 0 Å². The number of piperidine rings is 1. The van der Waals surface area contributed by atoms with Gasteiger partial charge in [-0.15, -0.1) is 0 Å². The van der Waals surface area contributed by atoms with Crippen LogP contribution in [0.4, 0.5) is 0 Å². The van der Waals surface area contributed by atoms with Crippen molar-refractivity contribution in [2.75, 3.05) is 6.54 Å². The van der Waals surface area contributed by atoms with E-state index >= 15 is 0 Å². The maximum Gasteiger partial charge on any atom is 0.0236 e. The normalized spacial score (nSPS) is 18.6. The molecule has 0 radical (unpaired) electrons. The molecule has 1 nitrogen and oxygen atoms in total. The van der Waals surface area contributed by atoms with Crippen LogP contribution in [0.5, 0.6) is 0 Å². The summed E-state index contributed by atoms with van der Waals surface area (Å²) in [6.07, 6.45) is 6.69. The van der Waals surface area contributed by atoms with Crippen LogP contribution in [0.1, 0.15) is 64.4 Å². The Balaban J connectivity index is 1.78. The predicted molar refractivity (Wildman–Crippen MR) is 111 cm³/mol. The van der Waals surface area contributed by atoms with Gasteiger partial charge in [-0.25, -0.2) is 4.31 Å². The second kappa shape index (κ2) is 8.91. The first kappa shape index (κ1) is 18.5. The van der Waals surface area contributed by atoms with Crippen molar-refractivity contribution in [3.63, 3.8) is 0 Å². The molecular weight excluding hydrogens is 322 g/mol. The molecule has 134 valence electrons. The molecule has 0 spiro atoms. The fourth-order valence-corrected chi connectivity index (χ4v) is 4.83. The SMILES string of the molecule is CCCC1CCCCN1Sc1cccc(-c2cccc(C(C)C)c2)c1. The van der Waals surface area contributed by atoms with E-state index in [2.05, 4.69) is 73.6 Å². The standard InChI is InChI=1S/C23H31NS/c1-4-9-22-13-5-6-15-24(22)25-23-14-8-12-21(17-23)20-11-7-10-19(16-20)18(2)3/h7-8,10-12,14,16-18,22H,4-6,9,13,15H2,1-3H3. The van der Waals surface area contributed by atoms with Crippen LogP contribution in [0.2, 0.25) is 0 Å². The van der Waals surface area contributed by atoms with Crippen LogP contribution < -0.4 is 0 Å². The Morgan fingerprint density at radius 2 is 1.80 bits per heavy atom. The van der Waals surface area contributed by atoms with Gasteiger partial charge in [0.1, 0.15) is 0 Å². The van der Waals surface area contributed by atoms with E-state index in [1.807, 2.05) is 11.9 Å². The third kappa shape index (κ3) is 4.89. The molecule has 1 atom stereocenters. The van der Waals surface area contributed by atoms with Crippen molar-refractivity contribution in [1.82, 2.24) is 4.31 Å². The van der Waals surface area contributed by atoms with Crippen LogP contribution in [0.15, 0.2) is 53.4 Å². The molecule has 0 bridgehead atoms. The zero-order chi connectivity index (χ0) is 17.6.